The summed E-state index contributed by atoms with van der Waals surface area (Å²) in [6, 6.07) is 10.2. The van der Waals surface area contributed by atoms with E-state index in [1.807, 2.05) is 26.0 Å². The molecule has 0 aliphatic heterocycles. The highest BCUT2D eigenvalue weighted by Crippen LogP contribution is 2.24. The van der Waals surface area contributed by atoms with Gasteiger partial charge in [0, 0.05) is 16.4 Å². The van der Waals surface area contributed by atoms with Crippen LogP contribution >= 0.6 is 15.9 Å². The molecule has 0 saturated heterocycles. The highest BCUT2D eigenvalue weighted by molar-refractivity contribution is 9.10. The molecule has 0 bridgehead atoms. The number of carbonyl (C=O) groups is 1. The van der Waals surface area contributed by atoms with Crippen molar-refractivity contribution in [3.05, 3.63) is 79.2 Å². The number of halogens is 1. The lowest BCUT2D eigenvalue weighted by Crippen LogP contribution is -2.18. The zero-order valence-corrected chi connectivity index (χ0v) is 16.7. The van der Waals surface area contributed by atoms with Crippen LogP contribution in [0.5, 0.6) is 0 Å². The molecular weight excluding hydrogens is 410 g/mol. The number of nitrogens with one attached hydrogen (secondary N) is 1. The summed E-state index contributed by atoms with van der Waals surface area (Å²) in [7, 11) is 0. The van der Waals surface area contributed by atoms with E-state index in [1.165, 1.54) is 17.0 Å². The number of rotatable bonds is 4. The number of H-pyrrole nitrogens is 1. The summed E-state index contributed by atoms with van der Waals surface area (Å²) in [6.45, 7) is 5.72. The van der Waals surface area contributed by atoms with E-state index in [9.17, 15) is 14.7 Å². The number of hydrogen-bond donors (Lipinski definition) is 2. The highest BCUT2D eigenvalue weighted by atomic mass is 79.9. The van der Waals surface area contributed by atoms with Crippen molar-refractivity contribution in [2.24, 2.45) is 4.99 Å². The Labute approximate surface area is 164 Å². The lowest BCUT2D eigenvalue weighted by atomic mass is 10.1. The molecule has 6 nitrogen and oxygen atoms in total. The molecule has 0 radical (unpaired) electrons. The number of carboxylic acid groups (broad SMARTS) is 1. The fourth-order valence-corrected chi connectivity index (χ4v) is 3.23. The third-order valence-electron chi connectivity index (χ3n) is 4.52. The zero-order chi connectivity index (χ0) is 19.7. The molecule has 0 amide bonds. The van der Waals surface area contributed by atoms with Crippen molar-refractivity contribution in [3.63, 3.8) is 0 Å². The molecule has 3 rings (SSSR count). The molecule has 3 aromatic rings. The first-order valence-electron chi connectivity index (χ1n) is 8.25. The van der Waals surface area contributed by atoms with Gasteiger partial charge in [0.2, 0.25) is 0 Å². The van der Waals surface area contributed by atoms with Crippen LogP contribution in [0, 0.1) is 20.8 Å². The predicted octanol–water partition coefficient (Wildman–Crippen LogP) is 4.30. The highest BCUT2D eigenvalue weighted by Gasteiger charge is 2.15. The Hall–Kier alpha value is -2.93. The number of aryl methyl sites for hydroxylation is 1. The maximum atomic E-state index is 12.9. The van der Waals surface area contributed by atoms with Crippen molar-refractivity contribution < 1.29 is 9.90 Å². The summed E-state index contributed by atoms with van der Waals surface area (Å²) in [5.41, 5.74) is 3.97. The van der Waals surface area contributed by atoms with Crippen LogP contribution in [0.1, 0.15) is 32.7 Å². The summed E-state index contributed by atoms with van der Waals surface area (Å²) in [5, 5.41) is 12.3. The number of aromatic amines is 1. The van der Waals surface area contributed by atoms with Crippen molar-refractivity contribution >= 4 is 33.8 Å². The molecule has 0 fully saturated rings. The van der Waals surface area contributed by atoms with E-state index in [1.54, 1.807) is 25.1 Å². The van der Waals surface area contributed by atoms with Gasteiger partial charge in [-0.15, -0.1) is 0 Å². The van der Waals surface area contributed by atoms with Crippen LogP contribution in [-0.2, 0) is 0 Å². The van der Waals surface area contributed by atoms with Gasteiger partial charge >= 0.3 is 5.97 Å². The van der Waals surface area contributed by atoms with E-state index in [2.05, 4.69) is 26.0 Å². The van der Waals surface area contributed by atoms with Gasteiger partial charge in [0.15, 0.2) is 0 Å². The van der Waals surface area contributed by atoms with Gasteiger partial charge in [-0.25, -0.2) is 9.48 Å². The second-order valence-electron chi connectivity index (χ2n) is 6.19. The van der Waals surface area contributed by atoms with Crippen LogP contribution in [0.25, 0.3) is 5.69 Å². The average Bonchev–Trinajstić information content (AvgIpc) is 2.92. The topological polar surface area (TPSA) is 87.5 Å². The molecule has 0 saturated carbocycles. The van der Waals surface area contributed by atoms with Gasteiger partial charge in [0.25, 0.3) is 5.56 Å². The molecule has 0 spiro atoms. The van der Waals surface area contributed by atoms with Crippen LogP contribution in [0.2, 0.25) is 0 Å². The minimum absolute atomic E-state index is 0.0849. The third-order valence-corrected chi connectivity index (χ3v) is 5.38. The molecule has 0 aliphatic carbocycles. The monoisotopic (exact) mass is 427 g/mol. The molecule has 0 atom stereocenters. The van der Waals surface area contributed by atoms with Crippen LogP contribution in [-0.4, -0.2) is 27.1 Å². The Kier molecular flexibility index (Phi) is 5.14. The number of aliphatic imine (C=N–C) groups is 1. The van der Waals surface area contributed by atoms with Crippen LogP contribution in [0.15, 0.2) is 50.7 Å². The predicted molar refractivity (Wildman–Crippen MR) is 109 cm³/mol. The lowest BCUT2D eigenvalue weighted by Gasteiger charge is -2.10. The van der Waals surface area contributed by atoms with Gasteiger partial charge in [0.05, 0.1) is 22.5 Å². The molecule has 27 heavy (non-hydrogen) atoms. The van der Waals surface area contributed by atoms with Crippen molar-refractivity contribution in [2.45, 2.75) is 20.8 Å². The number of nitrogens with zero attached hydrogens (tertiary/aromatic N) is 2. The Morgan fingerprint density at radius 3 is 2.56 bits per heavy atom. The van der Waals surface area contributed by atoms with Gasteiger partial charge in [0.1, 0.15) is 0 Å². The number of carboxylic acids is 1. The number of hydrogen-bond acceptors (Lipinski definition) is 3. The Morgan fingerprint density at radius 2 is 1.85 bits per heavy atom. The normalized spacial score (nSPS) is 11.3. The lowest BCUT2D eigenvalue weighted by molar-refractivity contribution is 0.0698. The quantitative estimate of drug-likeness (QED) is 0.608. The van der Waals surface area contributed by atoms with E-state index >= 15 is 0 Å². The van der Waals surface area contributed by atoms with E-state index in [4.69, 9.17) is 0 Å². The Balaban J connectivity index is 2.07. The smallest absolute Gasteiger partial charge is 0.337 e. The van der Waals surface area contributed by atoms with Crippen molar-refractivity contribution in [2.75, 3.05) is 0 Å². The van der Waals surface area contributed by atoms with Crippen molar-refractivity contribution in [1.29, 1.82) is 0 Å². The van der Waals surface area contributed by atoms with Gasteiger partial charge in [-0.05, 0) is 56.2 Å². The number of benzene rings is 2. The first-order valence-corrected chi connectivity index (χ1v) is 9.04. The molecule has 1 aromatic heterocycles. The van der Waals surface area contributed by atoms with Crippen LogP contribution in [0.3, 0.4) is 0 Å². The second kappa shape index (κ2) is 7.36. The fraction of sp³-hybridized carbons (Fsp3) is 0.150. The minimum Gasteiger partial charge on any atom is -0.478 e. The number of aromatic carboxylic acids is 1. The first kappa shape index (κ1) is 18.8. The molecule has 0 aliphatic rings. The van der Waals surface area contributed by atoms with E-state index in [0.29, 0.717) is 16.9 Å². The van der Waals surface area contributed by atoms with E-state index in [-0.39, 0.29) is 11.1 Å². The standard InChI is InChI=1S/C20H18BrN3O3/c1-11-12(2)18(9-8-16(11)21)24-19(25)15(13(3)23-24)10-22-17-7-5-4-6-14(17)20(26)27/h4-10,23H,1-3H3,(H,26,27). The molecular formula is C20H18BrN3O3. The second-order valence-corrected chi connectivity index (χ2v) is 7.04. The van der Waals surface area contributed by atoms with E-state index in [0.717, 1.165) is 21.3 Å². The van der Waals surface area contributed by atoms with Gasteiger partial charge in [-0.1, -0.05) is 28.1 Å². The molecule has 2 N–H and O–H groups in total. The minimum atomic E-state index is -1.06. The number of para-hydroxylation sites is 1. The maximum Gasteiger partial charge on any atom is 0.337 e. The summed E-state index contributed by atoms with van der Waals surface area (Å²) in [4.78, 5) is 28.4. The van der Waals surface area contributed by atoms with Crippen LogP contribution < -0.4 is 5.56 Å². The Morgan fingerprint density at radius 1 is 1.15 bits per heavy atom. The third kappa shape index (κ3) is 3.50. The van der Waals surface area contributed by atoms with E-state index < -0.39 is 5.97 Å². The van der Waals surface area contributed by atoms with Crippen molar-refractivity contribution in [1.82, 2.24) is 9.78 Å². The molecule has 1 heterocycles. The molecule has 138 valence electrons. The number of aromatic nitrogens is 2. The fourth-order valence-electron chi connectivity index (χ4n) is 2.80. The Bertz CT molecular complexity index is 1130. The maximum absolute atomic E-state index is 12.9. The summed E-state index contributed by atoms with van der Waals surface area (Å²) >= 11 is 3.49. The molecule has 7 heteroatoms. The largest absolute Gasteiger partial charge is 0.478 e. The van der Waals surface area contributed by atoms with Gasteiger partial charge in [-0.3, -0.25) is 14.9 Å². The van der Waals surface area contributed by atoms with Crippen molar-refractivity contribution in [3.8, 4) is 5.69 Å². The zero-order valence-electron chi connectivity index (χ0n) is 15.1. The molecule has 0 unspecified atom stereocenters. The van der Waals surface area contributed by atoms with Crippen LogP contribution in [0.4, 0.5) is 5.69 Å². The first-order chi connectivity index (χ1) is 12.8. The SMILES string of the molecule is Cc1[nH]n(-c2ccc(Br)c(C)c2C)c(=O)c1C=Nc1ccccc1C(=O)O. The molecule has 2 aromatic carbocycles. The summed E-state index contributed by atoms with van der Waals surface area (Å²) < 4.78 is 2.46. The van der Waals surface area contributed by atoms with Gasteiger partial charge in [-0.2, -0.15) is 0 Å². The summed E-state index contributed by atoms with van der Waals surface area (Å²) in [6.07, 6.45) is 1.41. The average molecular weight is 428 g/mol. The summed E-state index contributed by atoms with van der Waals surface area (Å²) in [5.74, 6) is -1.06. The van der Waals surface area contributed by atoms with Gasteiger partial charge < -0.3 is 5.11 Å².